The van der Waals surface area contributed by atoms with Crippen LogP contribution in [0.5, 0.6) is 0 Å². The Hall–Kier alpha value is -0.0100. The molecule has 0 aromatic rings. The van der Waals surface area contributed by atoms with E-state index in [2.05, 4.69) is 6.92 Å². The van der Waals surface area contributed by atoms with Gasteiger partial charge in [0, 0.05) is 6.04 Å². The second kappa shape index (κ2) is 9.99. The van der Waals surface area contributed by atoms with E-state index in [1.807, 2.05) is 0 Å². The number of hydrogen-bond acceptors (Lipinski definition) is 4. The van der Waals surface area contributed by atoms with Crippen LogP contribution in [0.25, 0.3) is 0 Å². The van der Waals surface area contributed by atoms with Gasteiger partial charge in [0.05, 0.1) is 11.4 Å². The summed E-state index contributed by atoms with van der Waals surface area (Å²) in [7, 11) is 0. The van der Waals surface area contributed by atoms with Gasteiger partial charge in [0.2, 0.25) is 0 Å². The maximum Gasteiger partial charge on any atom is 0.0814 e. The lowest BCUT2D eigenvalue weighted by atomic mass is 10.2. The second-order valence-electron chi connectivity index (χ2n) is 1.96. The van der Waals surface area contributed by atoms with Crippen molar-refractivity contribution < 1.29 is 13.3 Å². The first kappa shape index (κ1) is 13.6. The predicted octanol–water partition coefficient (Wildman–Crippen LogP) is -0.589. The van der Waals surface area contributed by atoms with Crippen LogP contribution in [0.4, 0.5) is 0 Å². The summed E-state index contributed by atoms with van der Waals surface area (Å²) < 4.78 is 24.1. The number of nitrogens with two attached hydrogens (primary N) is 2. The Morgan fingerprint density at radius 1 is 1.73 bits per heavy atom. The lowest BCUT2D eigenvalue weighted by Gasteiger charge is -2.03. The van der Waals surface area contributed by atoms with Crippen LogP contribution in [0, 0.1) is 0 Å². The molecule has 0 saturated heterocycles. The monoisotopic (exact) mass is 183 g/mol. The summed E-state index contributed by atoms with van der Waals surface area (Å²) in [6.07, 6.45) is 1.99. The van der Waals surface area contributed by atoms with Gasteiger partial charge in [-0.15, -0.1) is 0 Å². The molecule has 0 heterocycles. The van der Waals surface area contributed by atoms with Gasteiger partial charge in [-0.05, 0) is 19.4 Å². The van der Waals surface area contributed by atoms with Gasteiger partial charge in [-0.2, -0.15) is 0 Å². The maximum absolute atomic E-state index is 8.56. The van der Waals surface area contributed by atoms with Gasteiger partial charge >= 0.3 is 0 Å². The minimum atomic E-state index is -2.86. The zero-order valence-corrected chi connectivity index (χ0v) is 7.34. The van der Waals surface area contributed by atoms with Gasteiger partial charge in [-0.1, -0.05) is 6.92 Å². The standard InChI is InChI=1S/C5H14N2.H2O3S/c1-2-5(7)3-4-6;1-4(2)3/h5H,2-4,6-7H2,1H3;(H2,1,2,3)/p-1. The highest BCUT2D eigenvalue weighted by molar-refractivity contribution is 7.73. The van der Waals surface area contributed by atoms with Crippen LogP contribution in [-0.4, -0.2) is 25.9 Å². The molecule has 0 amide bonds. The average molecular weight is 183 g/mol. The first-order valence-corrected chi connectivity index (χ1v) is 4.31. The van der Waals surface area contributed by atoms with Crippen LogP contribution in [0.3, 0.4) is 0 Å². The van der Waals surface area contributed by atoms with Crippen molar-refractivity contribution in [1.82, 2.24) is 0 Å². The van der Waals surface area contributed by atoms with E-state index in [1.54, 1.807) is 0 Å². The Kier molecular flexibility index (Phi) is 12.3. The van der Waals surface area contributed by atoms with Crippen LogP contribution in [-0.2, 0) is 11.4 Å². The minimum Gasteiger partial charge on any atom is -0.750 e. The molecule has 2 atom stereocenters. The Morgan fingerprint density at radius 2 is 2.09 bits per heavy atom. The zero-order valence-electron chi connectivity index (χ0n) is 6.53. The van der Waals surface area contributed by atoms with Gasteiger partial charge in [0.1, 0.15) is 0 Å². The molecule has 0 aliphatic heterocycles. The first-order valence-electron chi connectivity index (χ1n) is 3.28. The van der Waals surface area contributed by atoms with E-state index < -0.39 is 11.4 Å². The van der Waals surface area contributed by atoms with E-state index in [9.17, 15) is 0 Å². The molecule has 6 heteroatoms. The van der Waals surface area contributed by atoms with Gasteiger partial charge in [0.15, 0.2) is 0 Å². The third-order valence-electron chi connectivity index (χ3n) is 1.06. The molecular weight excluding hydrogens is 168 g/mol. The lowest BCUT2D eigenvalue weighted by Crippen LogP contribution is -2.22. The SMILES string of the molecule is CCC(N)CCN.O=S([O-])O. The Balaban J connectivity index is 0. The molecule has 0 rings (SSSR count). The van der Waals surface area contributed by atoms with Gasteiger partial charge in [-0.3, -0.25) is 0 Å². The van der Waals surface area contributed by atoms with Crippen molar-refractivity contribution in [3.8, 4) is 0 Å². The summed E-state index contributed by atoms with van der Waals surface area (Å²) >= 11 is -2.86. The molecule has 0 aromatic carbocycles. The van der Waals surface area contributed by atoms with Gasteiger partial charge in [0.25, 0.3) is 0 Å². The molecule has 0 aromatic heterocycles. The molecule has 5 N–H and O–H groups in total. The van der Waals surface area contributed by atoms with E-state index in [0.717, 1.165) is 19.4 Å². The Morgan fingerprint density at radius 3 is 2.18 bits per heavy atom. The highest BCUT2D eigenvalue weighted by atomic mass is 32.2. The van der Waals surface area contributed by atoms with Gasteiger partial charge in [-0.25, -0.2) is 4.21 Å². The molecule has 0 spiro atoms. The molecule has 0 aliphatic carbocycles. The van der Waals surface area contributed by atoms with Crippen LogP contribution < -0.4 is 11.5 Å². The molecule has 2 unspecified atom stereocenters. The summed E-state index contributed by atoms with van der Waals surface area (Å²) in [4.78, 5) is 0. The highest BCUT2D eigenvalue weighted by Gasteiger charge is 1.92. The fourth-order valence-corrected chi connectivity index (χ4v) is 0.418. The van der Waals surface area contributed by atoms with Gasteiger partial charge < -0.3 is 20.6 Å². The summed E-state index contributed by atoms with van der Waals surface area (Å²) in [6.45, 7) is 2.79. The quantitative estimate of drug-likeness (QED) is 0.506. The van der Waals surface area contributed by atoms with Crippen molar-refractivity contribution in [1.29, 1.82) is 0 Å². The molecule has 0 radical (unpaired) electrons. The smallest absolute Gasteiger partial charge is 0.0814 e. The fourth-order valence-electron chi connectivity index (χ4n) is 0.418. The average Bonchev–Trinajstić information content (AvgIpc) is 1.87. The zero-order chi connectivity index (χ0) is 9.28. The third-order valence-corrected chi connectivity index (χ3v) is 1.06. The predicted molar refractivity (Wildman–Crippen MR) is 43.5 cm³/mol. The highest BCUT2D eigenvalue weighted by Crippen LogP contribution is 1.88. The largest absolute Gasteiger partial charge is 0.750 e. The van der Waals surface area contributed by atoms with E-state index in [1.165, 1.54) is 0 Å². The van der Waals surface area contributed by atoms with E-state index in [0.29, 0.717) is 6.04 Å². The Bertz CT molecular complexity index is 97.7. The fraction of sp³-hybridized carbons (Fsp3) is 1.00. The molecule has 5 nitrogen and oxygen atoms in total. The second-order valence-corrected chi connectivity index (χ2v) is 2.40. The summed E-state index contributed by atoms with van der Waals surface area (Å²) in [5.41, 5.74) is 10.7. The van der Waals surface area contributed by atoms with E-state index in [4.69, 9.17) is 24.8 Å². The van der Waals surface area contributed by atoms with Crippen molar-refractivity contribution in [2.75, 3.05) is 6.54 Å². The van der Waals surface area contributed by atoms with Crippen LogP contribution in [0.2, 0.25) is 0 Å². The molecule has 0 bridgehead atoms. The van der Waals surface area contributed by atoms with E-state index in [-0.39, 0.29) is 0 Å². The number of hydrogen-bond donors (Lipinski definition) is 3. The molecular formula is C5H15N2O3S-. The third kappa shape index (κ3) is 25.6. The minimum absolute atomic E-state index is 0.324. The lowest BCUT2D eigenvalue weighted by molar-refractivity contribution is 0.436. The van der Waals surface area contributed by atoms with Crippen molar-refractivity contribution in [3.05, 3.63) is 0 Å². The van der Waals surface area contributed by atoms with Crippen molar-refractivity contribution >= 4 is 11.4 Å². The van der Waals surface area contributed by atoms with E-state index >= 15 is 0 Å². The topological polar surface area (TPSA) is 112 Å². The summed E-state index contributed by atoms with van der Waals surface area (Å²) in [5.74, 6) is 0. The molecule has 0 fully saturated rings. The molecule has 70 valence electrons. The molecule has 11 heavy (non-hydrogen) atoms. The Labute approximate surface area is 69.3 Å². The maximum atomic E-state index is 8.56. The molecule has 0 aliphatic rings. The van der Waals surface area contributed by atoms with Crippen LogP contribution >= 0.6 is 0 Å². The number of rotatable bonds is 3. The van der Waals surface area contributed by atoms with Crippen molar-refractivity contribution in [2.24, 2.45) is 11.5 Å². The normalized spacial score (nSPS) is 14.6. The molecule has 0 saturated carbocycles. The van der Waals surface area contributed by atoms with Crippen LogP contribution in [0.15, 0.2) is 0 Å². The summed E-state index contributed by atoms with van der Waals surface area (Å²) in [6, 6.07) is 0.324. The first-order chi connectivity index (χ1) is 5.04. The van der Waals surface area contributed by atoms with Crippen molar-refractivity contribution in [3.63, 3.8) is 0 Å². The summed E-state index contributed by atoms with van der Waals surface area (Å²) in [5, 5.41) is 0. The van der Waals surface area contributed by atoms with Crippen molar-refractivity contribution in [2.45, 2.75) is 25.8 Å². The van der Waals surface area contributed by atoms with Crippen LogP contribution in [0.1, 0.15) is 19.8 Å².